The van der Waals surface area contributed by atoms with Gasteiger partial charge in [0.2, 0.25) is 0 Å². The van der Waals surface area contributed by atoms with Gasteiger partial charge < -0.3 is 9.47 Å². The van der Waals surface area contributed by atoms with E-state index in [1.165, 1.54) is 27.2 Å². The topological polar surface area (TPSA) is 51.1 Å². The molecule has 190 valence electrons. The lowest BCUT2D eigenvalue weighted by molar-refractivity contribution is -0.671. The van der Waals surface area contributed by atoms with Crippen LogP contribution in [-0.2, 0) is 12.8 Å². The number of carbonyl (C=O) groups is 2. The molecular weight excluding hydrogens is 499 g/mol. The quantitative estimate of drug-likeness (QED) is 0.226. The van der Waals surface area contributed by atoms with E-state index in [-0.39, 0.29) is 23.0 Å². The highest BCUT2D eigenvalue weighted by Crippen LogP contribution is 2.42. The number of thioether (sulfide) groups is 1. The summed E-state index contributed by atoms with van der Waals surface area (Å²) < 4.78 is 19.2. The normalized spacial score (nSPS) is 14.6. The first kappa shape index (κ1) is 24.2. The number of ketones is 1. The number of benzene rings is 2. The van der Waals surface area contributed by atoms with Gasteiger partial charge in [0.1, 0.15) is 18.2 Å². The first-order valence-electron chi connectivity index (χ1n) is 12.3. The number of amides is 1. The smallest absolute Gasteiger partial charge is 0.328 e. The number of halogens is 1. The van der Waals surface area contributed by atoms with Crippen LogP contribution in [0, 0.1) is 5.82 Å². The number of pyridine rings is 1. The van der Waals surface area contributed by atoms with E-state index >= 15 is 0 Å². The van der Waals surface area contributed by atoms with Gasteiger partial charge in [-0.3, -0.25) is 9.36 Å². The number of fused-ring (bicyclic) bond motifs is 2. The lowest BCUT2D eigenvalue weighted by Crippen LogP contribution is -2.27. The van der Waals surface area contributed by atoms with Crippen molar-refractivity contribution in [1.82, 2.24) is 14.0 Å². The average Bonchev–Trinajstić information content (AvgIpc) is 3.61. The molecule has 6 nitrogen and oxygen atoms in total. The molecule has 0 saturated heterocycles. The Hall–Kier alpha value is -4.17. The summed E-state index contributed by atoms with van der Waals surface area (Å²) in [4.78, 5) is 28.6. The Bertz CT molecular complexity index is 1720. The van der Waals surface area contributed by atoms with Gasteiger partial charge in [-0.05, 0) is 41.5 Å². The zero-order chi connectivity index (χ0) is 26.6. The number of nitrogens with zero attached hydrogens (tertiary/aromatic N) is 4. The van der Waals surface area contributed by atoms with Gasteiger partial charge in [0, 0.05) is 66.1 Å². The molecule has 1 amide bonds. The Morgan fingerprint density at radius 1 is 1.03 bits per heavy atom. The van der Waals surface area contributed by atoms with Gasteiger partial charge in [-0.15, -0.1) is 11.8 Å². The fourth-order valence-electron chi connectivity index (χ4n) is 5.06. The highest BCUT2D eigenvalue weighted by atomic mass is 32.2. The second-order valence-corrected chi connectivity index (χ2v) is 10.8. The highest BCUT2D eigenvalue weighted by Gasteiger charge is 2.31. The predicted molar refractivity (Wildman–Crippen MR) is 147 cm³/mol. The van der Waals surface area contributed by atoms with Gasteiger partial charge in [-0.1, -0.05) is 24.3 Å². The predicted octanol–water partition coefficient (Wildman–Crippen LogP) is 5.63. The Balaban J connectivity index is 1.43. The van der Waals surface area contributed by atoms with Crippen LogP contribution < -0.4 is 4.57 Å². The molecule has 2 aromatic carbocycles. The van der Waals surface area contributed by atoms with Crippen LogP contribution in [0.3, 0.4) is 0 Å². The molecule has 0 aliphatic carbocycles. The van der Waals surface area contributed by atoms with Crippen LogP contribution in [-0.4, -0.2) is 39.9 Å². The maximum Gasteiger partial charge on any atom is 0.328 e. The van der Waals surface area contributed by atoms with Gasteiger partial charge >= 0.3 is 6.03 Å². The van der Waals surface area contributed by atoms with Gasteiger partial charge in [0.15, 0.2) is 18.2 Å². The van der Waals surface area contributed by atoms with Gasteiger partial charge in [0.05, 0.1) is 5.52 Å². The van der Waals surface area contributed by atoms with Crippen molar-refractivity contribution >= 4 is 34.5 Å². The van der Waals surface area contributed by atoms with Crippen molar-refractivity contribution in [3.8, 4) is 11.1 Å². The Morgan fingerprint density at radius 2 is 1.79 bits per heavy atom. The summed E-state index contributed by atoms with van der Waals surface area (Å²) in [5.41, 5.74) is 5.59. The molecule has 0 spiro atoms. The average molecular weight is 526 g/mol. The third kappa shape index (κ3) is 4.01. The summed E-state index contributed by atoms with van der Waals surface area (Å²) in [6.07, 6.45) is 7.73. The molecule has 0 N–H and O–H groups in total. The molecule has 6 rings (SSSR count). The molecule has 1 aliphatic heterocycles. The Morgan fingerprint density at radius 3 is 2.53 bits per heavy atom. The van der Waals surface area contributed by atoms with Crippen molar-refractivity contribution in [3.63, 3.8) is 0 Å². The standard InChI is InChI=1S/C30H26FN4O2S/c1-32(2)30(37)35-17-25(23-11-8-20(15-26(23)35)19-6-9-22(31)10-7-19)28(36)24-12-14-34-27(24)18-38-29(34)21-5-4-13-33(3)16-21/h4-17,29H,18H2,1-3H3/q+1/t29-/m1/s1. The molecule has 0 saturated carbocycles. The van der Waals surface area contributed by atoms with Crippen molar-refractivity contribution in [3.05, 3.63) is 114 Å². The molecule has 8 heteroatoms. The second-order valence-electron chi connectivity index (χ2n) is 9.71. The van der Waals surface area contributed by atoms with E-state index in [9.17, 15) is 14.0 Å². The summed E-state index contributed by atoms with van der Waals surface area (Å²) in [6, 6.07) is 17.7. The molecule has 0 fully saturated rings. The zero-order valence-electron chi connectivity index (χ0n) is 21.3. The van der Waals surface area contributed by atoms with Gasteiger partial charge in [-0.25, -0.2) is 13.8 Å². The van der Waals surface area contributed by atoms with E-state index in [0.29, 0.717) is 22.0 Å². The number of hydrogen-bond donors (Lipinski definition) is 0. The van der Waals surface area contributed by atoms with Crippen LogP contribution in [0.5, 0.6) is 0 Å². The minimum absolute atomic E-state index is 0.105. The molecule has 3 aromatic heterocycles. The van der Waals surface area contributed by atoms with Crippen LogP contribution in [0.25, 0.3) is 22.0 Å². The fourth-order valence-corrected chi connectivity index (χ4v) is 6.37. The third-order valence-electron chi connectivity index (χ3n) is 6.96. The van der Waals surface area contributed by atoms with Gasteiger partial charge in [-0.2, -0.15) is 0 Å². The zero-order valence-corrected chi connectivity index (χ0v) is 22.1. The van der Waals surface area contributed by atoms with E-state index in [0.717, 1.165) is 22.6 Å². The van der Waals surface area contributed by atoms with Crippen LogP contribution in [0.2, 0.25) is 0 Å². The first-order chi connectivity index (χ1) is 18.3. The minimum Gasteiger partial charge on any atom is -0.333 e. The van der Waals surface area contributed by atoms with E-state index in [4.69, 9.17) is 0 Å². The lowest BCUT2D eigenvalue weighted by atomic mass is 10.00. The number of aryl methyl sites for hydroxylation is 1. The molecule has 0 bridgehead atoms. The second kappa shape index (κ2) is 9.29. The number of hydrogen-bond acceptors (Lipinski definition) is 3. The molecule has 5 aromatic rings. The molecule has 0 unspecified atom stereocenters. The van der Waals surface area contributed by atoms with Crippen molar-refractivity contribution in [2.24, 2.45) is 7.05 Å². The van der Waals surface area contributed by atoms with Crippen molar-refractivity contribution in [1.29, 1.82) is 0 Å². The highest BCUT2D eigenvalue weighted by molar-refractivity contribution is 7.99. The summed E-state index contributed by atoms with van der Waals surface area (Å²) in [5, 5.41) is 0.808. The van der Waals surface area contributed by atoms with Crippen LogP contribution in [0.1, 0.15) is 32.6 Å². The molecule has 1 aliphatic rings. The fraction of sp³-hybridized carbons (Fsp3) is 0.167. The van der Waals surface area contributed by atoms with Crippen molar-refractivity contribution < 1.29 is 18.5 Å². The molecule has 38 heavy (non-hydrogen) atoms. The Kier molecular flexibility index (Phi) is 5.91. The Labute approximate surface area is 223 Å². The molecular formula is C30H26FN4O2S+. The monoisotopic (exact) mass is 525 g/mol. The minimum atomic E-state index is -0.310. The molecule has 1 atom stereocenters. The number of carbonyl (C=O) groups excluding carboxylic acids is 2. The lowest BCUT2D eigenvalue weighted by Gasteiger charge is -2.12. The number of rotatable bonds is 4. The van der Waals surface area contributed by atoms with Crippen molar-refractivity contribution in [2.75, 3.05) is 14.1 Å². The summed E-state index contributed by atoms with van der Waals surface area (Å²) >= 11 is 1.79. The summed E-state index contributed by atoms with van der Waals surface area (Å²) in [5.74, 6) is 0.306. The SMILES string of the molecule is CN(C)C(=O)n1cc(C(=O)c2ccn3c2CS[C@@H]3c2ccc[n+](C)c2)c2ccc(-c3ccc(F)cc3)cc21. The van der Waals surface area contributed by atoms with Crippen LogP contribution >= 0.6 is 11.8 Å². The number of aromatic nitrogens is 3. The van der Waals surface area contributed by atoms with E-state index in [1.54, 1.807) is 44.2 Å². The summed E-state index contributed by atoms with van der Waals surface area (Å²) in [6.45, 7) is 0. The van der Waals surface area contributed by atoms with E-state index in [2.05, 4.69) is 16.8 Å². The van der Waals surface area contributed by atoms with E-state index in [1.807, 2.05) is 54.3 Å². The third-order valence-corrected chi connectivity index (χ3v) is 8.22. The van der Waals surface area contributed by atoms with Crippen LogP contribution in [0.15, 0.2) is 85.5 Å². The van der Waals surface area contributed by atoms with Gasteiger partial charge in [0.25, 0.3) is 0 Å². The summed E-state index contributed by atoms with van der Waals surface area (Å²) in [7, 11) is 5.36. The molecule has 4 heterocycles. The maximum absolute atomic E-state index is 14.0. The molecule has 0 radical (unpaired) electrons. The van der Waals surface area contributed by atoms with E-state index < -0.39 is 0 Å². The largest absolute Gasteiger partial charge is 0.333 e. The first-order valence-corrected chi connectivity index (χ1v) is 13.3. The van der Waals surface area contributed by atoms with Crippen LogP contribution in [0.4, 0.5) is 9.18 Å². The van der Waals surface area contributed by atoms with Crippen molar-refractivity contribution in [2.45, 2.75) is 11.1 Å². The maximum atomic E-state index is 14.0.